The van der Waals surface area contributed by atoms with Crippen LogP contribution >= 0.6 is 11.3 Å². The summed E-state index contributed by atoms with van der Waals surface area (Å²) in [7, 11) is 0. The number of hydrogen-bond donors (Lipinski definition) is 2. The zero-order valence-electron chi connectivity index (χ0n) is 12.6. The van der Waals surface area contributed by atoms with E-state index < -0.39 is 0 Å². The van der Waals surface area contributed by atoms with Gasteiger partial charge < -0.3 is 16.0 Å². The molecule has 0 radical (unpaired) electrons. The van der Waals surface area contributed by atoms with E-state index in [0.717, 1.165) is 29.1 Å². The fourth-order valence-electron chi connectivity index (χ4n) is 2.80. The Morgan fingerprint density at radius 3 is 2.90 bits per heavy atom. The molecular formula is C15H23N3O2S. The van der Waals surface area contributed by atoms with E-state index in [4.69, 9.17) is 5.73 Å². The van der Waals surface area contributed by atoms with Crippen molar-refractivity contribution in [2.45, 2.75) is 39.3 Å². The molecule has 2 amide bonds. The van der Waals surface area contributed by atoms with Gasteiger partial charge in [-0.1, -0.05) is 6.92 Å². The van der Waals surface area contributed by atoms with Gasteiger partial charge in [-0.3, -0.25) is 9.59 Å². The van der Waals surface area contributed by atoms with Gasteiger partial charge in [-0.25, -0.2) is 0 Å². The van der Waals surface area contributed by atoms with Gasteiger partial charge in [0.15, 0.2) is 0 Å². The zero-order chi connectivity index (χ0) is 15.4. The lowest BCUT2D eigenvalue weighted by atomic mass is 9.90. The summed E-state index contributed by atoms with van der Waals surface area (Å²) in [5, 5.41) is 2.75. The SMILES string of the molecule is CC(=O)NCc1ccc(C(=O)N2CCC[C@H](C)[C@@H]2CN)s1. The summed E-state index contributed by atoms with van der Waals surface area (Å²) in [6.45, 7) is 5.42. The molecule has 1 aliphatic rings. The number of carbonyl (C=O) groups excluding carboxylic acids is 2. The number of nitrogens with zero attached hydrogens (tertiary/aromatic N) is 1. The van der Waals surface area contributed by atoms with E-state index >= 15 is 0 Å². The van der Waals surface area contributed by atoms with Crippen molar-refractivity contribution >= 4 is 23.2 Å². The Morgan fingerprint density at radius 1 is 1.48 bits per heavy atom. The van der Waals surface area contributed by atoms with Crippen LogP contribution in [0.3, 0.4) is 0 Å². The Kier molecular flexibility index (Phi) is 5.36. The number of carbonyl (C=O) groups is 2. The van der Waals surface area contributed by atoms with Crippen molar-refractivity contribution < 1.29 is 9.59 Å². The van der Waals surface area contributed by atoms with E-state index in [2.05, 4.69) is 12.2 Å². The molecule has 1 saturated heterocycles. The highest BCUT2D eigenvalue weighted by atomic mass is 32.1. The largest absolute Gasteiger partial charge is 0.351 e. The van der Waals surface area contributed by atoms with Gasteiger partial charge in [0, 0.05) is 30.9 Å². The Hall–Kier alpha value is -1.40. The molecule has 2 rings (SSSR count). The summed E-state index contributed by atoms with van der Waals surface area (Å²) in [6, 6.07) is 3.88. The molecule has 21 heavy (non-hydrogen) atoms. The van der Waals surface area contributed by atoms with Crippen LogP contribution in [-0.2, 0) is 11.3 Å². The average Bonchev–Trinajstić information content (AvgIpc) is 2.93. The average molecular weight is 309 g/mol. The van der Waals surface area contributed by atoms with Crippen LogP contribution in [0.2, 0.25) is 0 Å². The standard InChI is InChI=1S/C15H23N3O2S/c1-10-4-3-7-18(13(10)8-16)15(20)14-6-5-12(21-14)9-17-11(2)19/h5-6,10,13H,3-4,7-9,16H2,1-2H3,(H,17,19)/t10-,13-/m0/s1. The van der Waals surface area contributed by atoms with Crippen LogP contribution in [0.15, 0.2) is 12.1 Å². The van der Waals surface area contributed by atoms with Crippen LogP contribution in [0.5, 0.6) is 0 Å². The van der Waals surface area contributed by atoms with Crippen molar-refractivity contribution in [3.63, 3.8) is 0 Å². The van der Waals surface area contributed by atoms with Gasteiger partial charge >= 0.3 is 0 Å². The summed E-state index contributed by atoms with van der Waals surface area (Å²) < 4.78 is 0. The number of nitrogens with one attached hydrogen (secondary N) is 1. The van der Waals surface area contributed by atoms with Crippen molar-refractivity contribution in [1.29, 1.82) is 0 Å². The molecule has 1 aliphatic heterocycles. The molecule has 1 fully saturated rings. The highest BCUT2D eigenvalue weighted by Crippen LogP contribution is 2.26. The number of nitrogens with two attached hydrogens (primary N) is 1. The Labute approximate surface area is 129 Å². The maximum Gasteiger partial charge on any atom is 0.264 e. The molecule has 2 atom stereocenters. The van der Waals surface area contributed by atoms with Gasteiger partial charge in [-0.15, -0.1) is 11.3 Å². The van der Waals surface area contributed by atoms with Crippen LogP contribution in [0.4, 0.5) is 0 Å². The van der Waals surface area contributed by atoms with E-state index in [-0.39, 0.29) is 17.9 Å². The Morgan fingerprint density at radius 2 is 2.24 bits per heavy atom. The van der Waals surface area contributed by atoms with E-state index in [0.29, 0.717) is 19.0 Å². The maximum absolute atomic E-state index is 12.7. The van der Waals surface area contributed by atoms with Gasteiger partial charge in [-0.05, 0) is 30.9 Å². The van der Waals surface area contributed by atoms with Crippen molar-refractivity contribution in [3.8, 4) is 0 Å². The second-order valence-electron chi connectivity index (χ2n) is 5.60. The van der Waals surface area contributed by atoms with Crippen molar-refractivity contribution in [3.05, 3.63) is 21.9 Å². The maximum atomic E-state index is 12.7. The monoisotopic (exact) mass is 309 g/mol. The first-order valence-corrected chi connectivity index (χ1v) is 8.18. The molecule has 116 valence electrons. The Balaban J connectivity index is 2.06. The number of thiophene rings is 1. The predicted octanol–water partition coefficient (Wildman–Crippen LogP) is 1.58. The predicted molar refractivity (Wildman–Crippen MR) is 84.1 cm³/mol. The second-order valence-corrected chi connectivity index (χ2v) is 6.77. The molecule has 0 saturated carbocycles. The summed E-state index contributed by atoms with van der Waals surface area (Å²) in [5.41, 5.74) is 5.85. The van der Waals surface area contributed by atoms with Gasteiger partial charge in [-0.2, -0.15) is 0 Å². The molecular weight excluding hydrogens is 286 g/mol. The smallest absolute Gasteiger partial charge is 0.264 e. The third kappa shape index (κ3) is 3.83. The van der Waals surface area contributed by atoms with E-state index in [1.54, 1.807) is 0 Å². The minimum atomic E-state index is -0.0654. The highest BCUT2D eigenvalue weighted by molar-refractivity contribution is 7.14. The topological polar surface area (TPSA) is 75.4 Å². The molecule has 1 aromatic heterocycles. The third-order valence-electron chi connectivity index (χ3n) is 4.00. The molecule has 1 aromatic rings. The molecule has 6 heteroatoms. The van der Waals surface area contributed by atoms with Crippen molar-refractivity contribution in [1.82, 2.24) is 10.2 Å². The number of amides is 2. The van der Waals surface area contributed by atoms with Gasteiger partial charge in [0.05, 0.1) is 11.4 Å². The van der Waals surface area contributed by atoms with Gasteiger partial charge in [0.1, 0.15) is 0 Å². The van der Waals surface area contributed by atoms with Crippen molar-refractivity contribution in [2.24, 2.45) is 11.7 Å². The van der Waals surface area contributed by atoms with E-state index in [9.17, 15) is 9.59 Å². The molecule has 2 heterocycles. The number of likely N-dealkylation sites (tertiary alicyclic amines) is 1. The quantitative estimate of drug-likeness (QED) is 0.887. The summed E-state index contributed by atoms with van der Waals surface area (Å²) in [4.78, 5) is 27.2. The minimum absolute atomic E-state index is 0.0654. The normalized spacial score (nSPS) is 22.1. The fourth-order valence-corrected chi connectivity index (χ4v) is 3.71. The lowest BCUT2D eigenvalue weighted by Crippen LogP contribution is -2.51. The lowest BCUT2D eigenvalue weighted by Gasteiger charge is -2.39. The molecule has 0 aromatic carbocycles. The number of piperidine rings is 1. The summed E-state index contributed by atoms with van der Waals surface area (Å²) >= 11 is 1.44. The zero-order valence-corrected chi connectivity index (χ0v) is 13.4. The summed E-state index contributed by atoms with van der Waals surface area (Å²) in [5.74, 6) is 0.451. The Bertz CT molecular complexity index is 515. The number of hydrogen-bond acceptors (Lipinski definition) is 4. The number of rotatable bonds is 4. The van der Waals surface area contributed by atoms with E-state index in [1.807, 2.05) is 17.0 Å². The first-order chi connectivity index (χ1) is 10.0. The van der Waals surface area contributed by atoms with Crippen LogP contribution < -0.4 is 11.1 Å². The molecule has 0 bridgehead atoms. The van der Waals surface area contributed by atoms with Gasteiger partial charge in [0.2, 0.25) is 5.91 Å². The molecule has 3 N–H and O–H groups in total. The molecule has 0 spiro atoms. The summed E-state index contributed by atoms with van der Waals surface area (Å²) in [6.07, 6.45) is 2.16. The van der Waals surface area contributed by atoms with Crippen LogP contribution in [-0.4, -0.2) is 35.8 Å². The van der Waals surface area contributed by atoms with E-state index in [1.165, 1.54) is 18.3 Å². The second kappa shape index (κ2) is 7.04. The first kappa shape index (κ1) is 16.0. The molecule has 5 nitrogen and oxygen atoms in total. The molecule has 0 unspecified atom stereocenters. The fraction of sp³-hybridized carbons (Fsp3) is 0.600. The first-order valence-electron chi connectivity index (χ1n) is 7.37. The van der Waals surface area contributed by atoms with Crippen molar-refractivity contribution in [2.75, 3.05) is 13.1 Å². The third-order valence-corrected chi connectivity index (χ3v) is 5.08. The highest BCUT2D eigenvalue weighted by Gasteiger charge is 2.31. The lowest BCUT2D eigenvalue weighted by molar-refractivity contribution is -0.119. The van der Waals surface area contributed by atoms with Gasteiger partial charge in [0.25, 0.3) is 5.91 Å². The molecule has 0 aliphatic carbocycles. The van der Waals surface area contributed by atoms with Crippen LogP contribution in [0.1, 0.15) is 41.2 Å². The minimum Gasteiger partial charge on any atom is -0.351 e. The van der Waals surface area contributed by atoms with Crippen LogP contribution in [0.25, 0.3) is 0 Å². The van der Waals surface area contributed by atoms with Crippen LogP contribution in [0, 0.1) is 5.92 Å².